The number of phenols is 1. The molecule has 0 aromatic heterocycles. The highest BCUT2D eigenvalue weighted by atomic mass is 32.2. The summed E-state index contributed by atoms with van der Waals surface area (Å²) in [6, 6.07) is 14.4. The van der Waals surface area contributed by atoms with E-state index in [1.165, 1.54) is 18.3 Å². The number of carbonyl (C=O) groups is 1. The maximum Gasteiger partial charge on any atom is 0.263 e. The normalized spacial score (nSPS) is 11.5. The number of nitrogens with one attached hydrogen (secondary N) is 2. The lowest BCUT2D eigenvalue weighted by atomic mass is 10.1. The van der Waals surface area contributed by atoms with Crippen molar-refractivity contribution in [2.75, 3.05) is 6.54 Å². The number of amides is 1. The van der Waals surface area contributed by atoms with E-state index in [0.717, 1.165) is 11.1 Å². The topological polar surface area (TPSA) is 145 Å². The van der Waals surface area contributed by atoms with Crippen LogP contribution >= 0.6 is 0 Å². The largest absolute Gasteiger partial charge is 0.508 e. The molecule has 5 N–H and O–H groups in total. The number of benzene rings is 2. The molecule has 1 amide bonds. The predicted octanol–water partition coefficient (Wildman–Crippen LogP) is 0.896. The van der Waals surface area contributed by atoms with Crippen molar-refractivity contribution in [3.63, 3.8) is 0 Å². The molecule has 28 heavy (non-hydrogen) atoms. The van der Waals surface area contributed by atoms with Crippen LogP contribution in [0.1, 0.15) is 11.1 Å². The minimum Gasteiger partial charge on any atom is -0.508 e. The van der Waals surface area contributed by atoms with Gasteiger partial charge in [0.2, 0.25) is 10.0 Å². The summed E-state index contributed by atoms with van der Waals surface area (Å²) in [7, 11) is -3.74. The zero-order valence-corrected chi connectivity index (χ0v) is 15.7. The van der Waals surface area contributed by atoms with Crippen molar-refractivity contribution in [3.8, 4) is 11.8 Å². The molecule has 0 radical (unpaired) electrons. The van der Waals surface area contributed by atoms with Gasteiger partial charge in [-0.2, -0.15) is 5.26 Å². The van der Waals surface area contributed by atoms with Crippen molar-refractivity contribution in [1.29, 1.82) is 5.26 Å². The summed E-state index contributed by atoms with van der Waals surface area (Å²) in [5, 5.41) is 28.9. The number of primary sulfonamides is 1. The third kappa shape index (κ3) is 6.42. The van der Waals surface area contributed by atoms with Crippen molar-refractivity contribution in [2.45, 2.75) is 17.9 Å². The quantitative estimate of drug-likeness (QED) is 0.382. The van der Waals surface area contributed by atoms with Gasteiger partial charge in [-0.3, -0.25) is 4.79 Å². The first-order valence-electron chi connectivity index (χ1n) is 8.31. The van der Waals surface area contributed by atoms with E-state index < -0.39 is 15.9 Å². The van der Waals surface area contributed by atoms with Crippen molar-refractivity contribution in [3.05, 3.63) is 71.4 Å². The monoisotopic (exact) mass is 400 g/mol. The second kappa shape index (κ2) is 9.55. The molecule has 0 unspecified atom stereocenters. The minimum atomic E-state index is -3.74. The number of sulfonamides is 1. The summed E-state index contributed by atoms with van der Waals surface area (Å²) in [6.45, 7) is 0.647. The number of phenolic OH excluding ortho intramolecular Hbond substituents is 1. The molecule has 0 aliphatic rings. The minimum absolute atomic E-state index is 0.0116. The van der Waals surface area contributed by atoms with Gasteiger partial charge in [-0.25, -0.2) is 13.6 Å². The Balaban J connectivity index is 1.84. The van der Waals surface area contributed by atoms with E-state index in [2.05, 4.69) is 10.6 Å². The van der Waals surface area contributed by atoms with E-state index in [9.17, 15) is 18.3 Å². The van der Waals surface area contributed by atoms with Gasteiger partial charge < -0.3 is 15.7 Å². The van der Waals surface area contributed by atoms with E-state index in [1.54, 1.807) is 36.4 Å². The summed E-state index contributed by atoms with van der Waals surface area (Å²) in [6.07, 6.45) is 1.87. The van der Waals surface area contributed by atoms with Crippen LogP contribution in [0.25, 0.3) is 0 Å². The van der Waals surface area contributed by atoms with Gasteiger partial charge in [0.15, 0.2) is 0 Å². The molecule has 8 nitrogen and oxygen atoms in total. The van der Waals surface area contributed by atoms with E-state index in [0.29, 0.717) is 19.5 Å². The van der Waals surface area contributed by atoms with Gasteiger partial charge in [0, 0.05) is 19.3 Å². The zero-order chi connectivity index (χ0) is 20.6. The van der Waals surface area contributed by atoms with Crippen LogP contribution in [0, 0.1) is 11.3 Å². The molecule has 146 valence electrons. The van der Waals surface area contributed by atoms with Gasteiger partial charge in [-0.1, -0.05) is 24.3 Å². The smallest absolute Gasteiger partial charge is 0.263 e. The number of hydrogen-bond acceptors (Lipinski definition) is 6. The molecule has 2 aromatic rings. The molecule has 0 aliphatic carbocycles. The molecule has 0 heterocycles. The lowest BCUT2D eigenvalue weighted by molar-refractivity contribution is -0.117. The number of nitrogens with zero attached hydrogens (tertiary/aromatic N) is 1. The highest BCUT2D eigenvalue weighted by Gasteiger charge is 2.09. The van der Waals surface area contributed by atoms with E-state index in [1.807, 2.05) is 6.07 Å². The van der Waals surface area contributed by atoms with Gasteiger partial charge in [-0.05, 0) is 41.8 Å². The van der Waals surface area contributed by atoms with Crippen LogP contribution in [-0.2, 0) is 27.8 Å². The predicted molar refractivity (Wildman–Crippen MR) is 103 cm³/mol. The highest BCUT2D eigenvalue weighted by Crippen LogP contribution is 2.10. The van der Waals surface area contributed by atoms with Crippen molar-refractivity contribution >= 4 is 15.9 Å². The molecular formula is C19H20N4O4S. The Bertz CT molecular complexity index is 992. The van der Waals surface area contributed by atoms with Crippen LogP contribution in [0.5, 0.6) is 5.75 Å². The summed E-state index contributed by atoms with van der Waals surface area (Å²) >= 11 is 0. The van der Waals surface area contributed by atoms with Gasteiger partial charge in [0.25, 0.3) is 5.91 Å². The second-order valence-electron chi connectivity index (χ2n) is 5.91. The maximum atomic E-state index is 12.1. The Labute approximate surface area is 163 Å². The van der Waals surface area contributed by atoms with Crippen LogP contribution in [0.2, 0.25) is 0 Å². The Morgan fingerprint density at radius 2 is 1.71 bits per heavy atom. The van der Waals surface area contributed by atoms with E-state index in [-0.39, 0.29) is 16.2 Å². The highest BCUT2D eigenvalue weighted by molar-refractivity contribution is 7.89. The number of nitriles is 1. The first-order valence-corrected chi connectivity index (χ1v) is 9.86. The Hall–Kier alpha value is -3.35. The average molecular weight is 400 g/mol. The van der Waals surface area contributed by atoms with E-state index in [4.69, 9.17) is 10.4 Å². The third-order valence-corrected chi connectivity index (χ3v) is 4.73. The van der Waals surface area contributed by atoms with Gasteiger partial charge >= 0.3 is 0 Å². The molecule has 0 atom stereocenters. The zero-order valence-electron chi connectivity index (χ0n) is 14.9. The molecule has 2 aromatic carbocycles. The summed E-state index contributed by atoms with van der Waals surface area (Å²) < 4.78 is 22.4. The Morgan fingerprint density at radius 3 is 2.29 bits per heavy atom. The lowest BCUT2D eigenvalue weighted by Gasteiger charge is -2.06. The lowest BCUT2D eigenvalue weighted by Crippen LogP contribution is -2.27. The Morgan fingerprint density at radius 1 is 1.11 bits per heavy atom. The molecule has 0 bridgehead atoms. The third-order valence-electron chi connectivity index (χ3n) is 3.81. The number of nitrogens with two attached hydrogens (primary N) is 1. The molecule has 0 fully saturated rings. The molecule has 0 aliphatic heterocycles. The van der Waals surface area contributed by atoms with Crippen LogP contribution in [0.4, 0.5) is 0 Å². The number of carbonyl (C=O) groups excluding carboxylic acids is 1. The molecule has 0 saturated carbocycles. The first-order chi connectivity index (χ1) is 13.3. The van der Waals surface area contributed by atoms with Crippen molar-refractivity contribution in [1.82, 2.24) is 10.6 Å². The summed E-state index contributed by atoms with van der Waals surface area (Å²) in [4.78, 5) is 12.1. The van der Waals surface area contributed by atoms with Crippen LogP contribution in [0.3, 0.4) is 0 Å². The summed E-state index contributed by atoms with van der Waals surface area (Å²) in [5.74, 6) is -0.328. The van der Waals surface area contributed by atoms with Gasteiger partial charge in [0.1, 0.15) is 17.4 Å². The summed E-state index contributed by atoms with van der Waals surface area (Å²) in [5.41, 5.74) is 1.63. The fourth-order valence-corrected chi connectivity index (χ4v) is 2.81. The molecule has 2 rings (SSSR count). The van der Waals surface area contributed by atoms with Crippen LogP contribution < -0.4 is 15.8 Å². The Kier molecular flexibility index (Phi) is 7.14. The first kappa shape index (κ1) is 21.0. The van der Waals surface area contributed by atoms with Crippen molar-refractivity contribution < 1.29 is 18.3 Å². The maximum absolute atomic E-state index is 12.1. The number of hydrogen-bond donors (Lipinski definition) is 4. The molecule has 9 heteroatoms. The molecular weight excluding hydrogens is 380 g/mol. The second-order valence-corrected chi connectivity index (χ2v) is 7.47. The number of aromatic hydroxyl groups is 1. The van der Waals surface area contributed by atoms with Crippen molar-refractivity contribution in [2.24, 2.45) is 5.14 Å². The van der Waals surface area contributed by atoms with Crippen LogP contribution in [0.15, 0.2) is 65.2 Å². The standard InChI is InChI=1S/C19H20N4O4S/c20-11-16(19(25)23-10-9-14-1-5-17(24)6-2-14)13-22-12-15-3-7-18(8-4-15)28(21,26)27/h1-8,13,22,24H,9-10,12H2,(H,23,25)(H2,21,26,27)/b16-13-. The SMILES string of the molecule is N#C/C(=C/NCc1ccc(S(N)(=O)=O)cc1)C(=O)NCCc1ccc(O)cc1. The molecule has 0 saturated heterocycles. The van der Waals surface area contributed by atoms with Crippen LogP contribution in [-0.4, -0.2) is 26.0 Å². The number of rotatable bonds is 8. The molecule has 0 spiro atoms. The fraction of sp³-hybridized carbons (Fsp3) is 0.158. The van der Waals surface area contributed by atoms with E-state index >= 15 is 0 Å². The van der Waals surface area contributed by atoms with Gasteiger partial charge in [0.05, 0.1) is 4.90 Å². The van der Waals surface area contributed by atoms with Gasteiger partial charge in [-0.15, -0.1) is 0 Å². The average Bonchev–Trinajstić information content (AvgIpc) is 2.66. The fourth-order valence-electron chi connectivity index (χ4n) is 2.29.